The quantitative estimate of drug-likeness (QED) is 0.146. The molecule has 0 aliphatic heterocycles. The lowest BCUT2D eigenvalue weighted by atomic mass is 10.0. The third kappa shape index (κ3) is 6.63. The first kappa shape index (κ1) is 26.0. The van der Waals surface area contributed by atoms with Crippen molar-refractivity contribution < 1.29 is 9.53 Å². The number of hydrogen-bond acceptors (Lipinski definition) is 3. The van der Waals surface area contributed by atoms with Crippen LogP contribution in [0.3, 0.4) is 0 Å². The van der Waals surface area contributed by atoms with Gasteiger partial charge in [-0.15, -0.1) is 0 Å². The molecule has 194 valence electrons. The van der Waals surface area contributed by atoms with Crippen LogP contribution in [0, 0.1) is 5.92 Å². The van der Waals surface area contributed by atoms with Gasteiger partial charge < -0.3 is 9.64 Å². The Bertz CT molecular complexity index is 1470. The van der Waals surface area contributed by atoms with Crippen molar-refractivity contribution in [2.45, 2.75) is 26.7 Å². The van der Waals surface area contributed by atoms with Crippen LogP contribution in [0.5, 0.6) is 5.75 Å². The Morgan fingerprint density at radius 3 is 1.54 bits per heavy atom. The van der Waals surface area contributed by atoms with Gasteiger partial charge >= 0.3 is 5.97 Å². The fraction of sp³-hybridized carbons (Fsp3) is 0.139. The van der Waals surface area contributed by atoms with Crippen LogP contribution >= 0.6 is 0 Å². The van der Waals surface area contributed by atoms with Gasteiger partial charge in [0.2, 0.25) is 0 Å². The number of carbonyl (C=O) groups is 1. The zero-order chi connectivity index (χ0) is 27.0. The van der Waals surface area contributed by atoms with Crippen LogP contribution < -0.4 is 9.64 Å². The van der Waals surface area contributed by atoms with Crippen molar-refractivity contribution in [1.29, 1.82) is 0 Å². The highest BCUT2D eigenvalue weighted by Gasteiger charge is 2.13. The molecule has 5 aromatic rings. The summed E-state index contributed by atoms with van der Waals surface area (Å²) >= 11 is 0. The average molecular weight is 512 g/mol. The van der Waals surface area contributed by atoms with Gasteiger partial charge in [-0.05, 0) is 83.6 Å². The minimum Gasteiger partial charge on any atom is -0.426 e. The second kappa shape index (κ2) is 12.3. The fourth-order valence-corrected chi connectivity index (χ4v) is 4.52. The third-order valence-electron chi connectivity index (χ3n) is 6.76. The van der Waals surface area contributed by atoms with Crippen LogP contribution in [0.4, 0.5) is 17.1 Å². The summed E-state index contributed by atoms with van der Waals surface area (Å²) in [6, 6.07) is 46.3. The molecule has 0 unspecified atom stereocenters. The van der Waals surface area contributed by atoms with Crippen molar-refractivity contribution in [3.63, 3.8) is 0 Å². The Morgan fingerprint density at radius 1 is 0.564 bits per heavy atom. The molecule has 0 aliphatic carbocycles. The van der Waals surface area contributed by atoms with E-state index >= 15 is 0 Å². The molecular formula is C36H33NO2. The molecule has 0 atom stereocenters. The van der Waals surface area contributed by atoms with Crippen LogP contribution in [0.15, 0.2) is 133 Å². The van der Waals surface area contributed by atoms with E-state index in [1.165, 1.54) is 22.3 Å². The predicted molar refractivity (Wildman–Crippen MR) is 161 cm³/mol. The standard InChI is InChI=1S/C36H33NO2/c1-27(2)36(38)39-35-25-17-29(18-26-35)14-13-28-15-21-33(22-16-28)37(32-11-7-4-8-12-32)34-23-19-31(20-24-34)30-9-5-3-6-10-30/h3-12,15-27H,13-14H2,1-2H3. The molecule has 0 aliphatic rings. The minimum absolute atomic E-state index is 0.140. The van der Waals surface area contributed by atoms with Gasteiger partial charge in [-0.2, -0.15) is 0 Å². The van der Waals surface area contributed by atoms with E-state index in [0.717, 1.165) is 29.9 Å². The predicted octanol–water partition coefficient (Wildman–Crippen LogP) is 9.17. The lowest BCUT2D eigenvalue weighted by Gasteiger charge is -2.26. The Balaban J connectivity index is 1.30. The molecule has 0 bridgehead atoms. The van der Waals surface area contributed by atoms with E-state index in [1.807, 2.05) is 50.2 Å². The van der Waals surface area contributed by atoms with E-state index in [4.69, 9.17) is 4.74 Å². The van der Waals surface area contributed by atoms with Crippen LogP contribution in [0.25, 0.3) is 11.1 Å². The number of nitrogens with zero attached hydrogens (tertiary/aromatic N) is 1. The second-order valence-corrected chi connectivity index (χ2v) is 9.97. The maximum absolute atomic E-state index is 11.8. The number of para-hydroxylation sites is 1. The number of anilines is 3. The van der Waals surface area contributed by atoms with Gasteiger partial charge in [0.15, 0.2) is 0 Å². The van der Waals surface area contributed by atoms with Crippen molar-refractivity contribution in [2.24, 2.45) is 5.92 Å². The fourth-order valence-electron chi connectivity index (χ4n) is 4.52. The number of aryl methyl sites for hydroxylation is 2. The lowest BCUT2D eigenvalue weighted by molar-refractivity contribution is -0.137. The highest BCUT2D eigenvalue weighted by Crippen LogP contribution is 2.35. The van der Waals surface area contributed by atoms with Gasteiger partial charge in [0.1, 0.15) is 5.75 Å². The van der Waals surface area contributed by atoms with Gasteiger partial charge in [0.05, 0.1) is 5.92 Å². The maximum Gasteiger partial charge on any atom is 0.313 e. The van der Waals surface area contributed by atoms with Crippen molar-refractivity contribution in [3.8, 4) is 16.9 Å². The molecule has 0 aromatic heterocycles. The smallest absolute Gasteiger partial charge is 0.313 e. The Morgan fingerprint density at radius 2 is 1.00 bits per heavy atom. The van der Waals surface area contributed by atoms with Crippen LogP contribution in [0.2, 0.25) is 0 Å². The minimum atomic E-state index is -0.209. The van der Waals surface area contributed by atoms with E-state index in [0.29, 0.717) is 5.75 Å². The van der Waals surface area contributed by atoms with E-state index in [-0.39, 0.29) is 11.9 Å². The van der Waals surface area contributed by atoms with E-state index in [9.17, 15) is 4.79 Å². The van der Waals surface area contributed by atoms with Crippen LogP contribution in [0.1, 0.15) is 25.0 Å². The largest absolute Gasteiger partial charge is 0.426 e. The van der Waals surface area contributed by atoms with E-state index in [1.54, 1.807) is 0 Å². The summed E-state index contributed by atoms with van der Waals surface area (Å²) < 4.78 is 5.39. The Kier molecular flexibility index (Phi) is 8.18. The first-order chi connectivity index (χ1) is 19.1. The molecule has 0 fully saturated rings. The first-order valence-corrected chi connectivity index (χ1v) is 13.5. The van der Waals surface area contributed by atoms with Gasteiger partial charge in [0, 0.05) is 17.1 Å². The number of carbonyl (C=O) groups excluding carboxylic acids is 1. The van der Waals surface area contributed by atoms with Crippen LogP contribution in [-0.4, -0.2) is 5.97 Å². The summed E-state index contributed by atoms with van der Waals surface area (Å²) in [5.41, 5.74) is 8.27. The van der Waals surface area contributed by atoms with Crippen LogP contribution in [-0.2, 0) is 17.6 Å². The van der Waals surface area contributed by atoms with Gasteiger partial charge in [-0.1, -0.05) is 98.8 Å². The molecule has 0 saturated carbocycles. The summed E-state index contributed by atoms with van der Waals surface area (Å²) in [5, 5.41) is 0. The molecule has 39 heavy (non-hydrogen) atoms. The summed E-state index contributed by atoms with van der Waals surface area (Å²) in [6.45, 7) is 3.67. The topological polar surface area (TPSA) is 29.5 Å². The zero-order valence-electron chi connectivity index (χ0n) is 22.5. The van der Waals surface area contributed by atoms with Crippen molar-refractivity contribution in [3.05, 3.63) is 145 Å². The molecule has 3 nitrogen and oxygen atoms in total. The van der Waals surface area contributed by atoms with Gasteiger partial charge in [-0.25, -0.2) is 0 Å². The molecule has 0 spiro atoms. The molecule has 5 rings (SSSR count). The zero-order valence-corrected chi connectivity index (χ0v) is 22.5. The number of esters is 1. The highest BCUT2D eigenvalue weighted by atomic mass is 16.5. The molecule has 0 heterocycles. The number of rotatable bonds is 9. The number of benzene rings is 5. The summed E-state index contributed by atoms with van der Waals surface area (Å²) in [5.74, 6) is 0.248. The van der Waals surface area contributed by atoms with Crippen molar-refractivity contribution in [2.75, 3.05) is 4.90 Å². The lowest BCUT2D eigenvalue weighted by Crippen LogP contribution is -2.14. The number of hydrogen-bond donors (Lipinski definition) is 0. The summed E-state index contributed by atoms with van der Waals surface area (Å²) in [7, 11) is 0. The van der Waals surface area contributed by atoms with E-state index < -0.39 is 0 Å². The molecule has 3 heteroatoms. The highest BCUT2D eigenvalue weighted by molar-refractivity contribution is 5.78. The molecule has 0 radical (unpaired) electrons. The van der Waals surface area contributed by atoms with E-state index in [2.05, 4.69) is 102 Å². The molecule has 5 aromatic carbocycles. The molecule has 0 saturated heterocycles. The SMILES string of the molecule is CC(C)C(=O)Oc1ccc(CCc2ccc(N(c3ccccc3)c3ccc(-c4ccccc4)cc3)cc2)cc1. The van der Waals surface area contributed by atoms with Gasteiger partial charge in [0.25, 0.3) is 0 Å². The average Bonchev–Trinajstić information content (AvgIpc) is 2.99. The molecular weight excluding hydrogens is 478 g/mol. The Labute approximate surface area is 231 Å². The summed E-state index contributed by atoms with van der Waals surface area (Å²) in [6.07, 6.45) is 1.85. The number of ether oxygens (including phenoxy) is 1. The summed E-state index contributed by atoms with van der Waals surface area (Å²) in [4.78, 5) is 14.1. The normalized spacial score (nSPS) is 10.8. The second-order valence-electron chi connectivity index (χ2n) is 9.97. The molecule has 0 amide bonds. The third-order valence-corrected chi connectivity index (χ3v) is 6.76. The molecule has 0 N–H and O–H groups in total. The van der Waals surface area contributed by atoms with Gasteiger partial charge in [-0.3, -0.25) is 4.79 Å². The first-order valence-electron chi connectivity index (χ1n) is 13.5. The maximum atomic E-state index is 11.8. The Hall–Kier alpha value is -4.63. The van der Waals surface area contributed by atoms with Crippen molar-refractivity contribution >= 4 is 23.0 Å². The van der Waals surface area contributed by atoms with Crippen molar-refractivity contribution in [1.82, 2.24) is 0 Å². The monoisotopic (exact) mass is 511 g/mol.